The maximum absolute atomic E-state index is 6.24. The molecule has 2 atom stereocenters. The molecular weight excluding hydrogens is 272 g/mol. The standard InChI is InChI=1S/C20H24O2/c1-16(22-19-14-8-9-15-21-19)20(17-10-4-2-5-11-17)18-12-6-3-7-13-18/h2-7,10-13,16,19-20H,8-9,14-15H2,1H3. The van der Waals surface area contributed by atoms with Crippen LogP contribution in [0.1, 0.15) is 43.2 Å². The van der Waals surface area contributed by atoms with Crippen LogP contribution in [0.25, 0.3) is 0 Å². The predicted molar refractivity (Wildman–Crippen MR) is 88.9 cm³/mol. The summed E-state index contributed by atoms with van der Waals surface area (Å²) >= 11 is 0. The molecule has 3 rings (SSSR count). The highest BCUT2D eigenvalue weighted by Crippen LogP contribution is 2.31. The minimum Gasteiger partial charge on any atom is -0.353 e. The van der Waals surface area contributed by atoms with E-state index in [0.29, 0.717) is 0 Å². The van der Waals surface area contributed by atoms with E-state index in [1.165, 1.54) is 17.5 Å². The highest BCUT2D eigenvalue weighted by atomic mass is 16.7. The summed E-state index contributed by atoms with van der Waals surface area (Å²) in [5, 5.41) is 0. The Labute approximate surface area is 133 Å². The van der Waals surface area contributed by atoms with Gasteiger partial charge in [0.2, 0.25) is 0 Å². The third-order valence-corrected chi connectivity index (χ3v) is 4.29. The van der Waals surface area contributed by atoms with Gasteiger partial charge in [-0.2, -0.15) is 0 Å². The first kappa shape index (κ1) is 15.3. The number of ether oxygens (including phenoxy) is 2. The van der Waals surface area contributed by atoms with Gasteiger partial charge in [-0.15, -0.1) is 0 Å². The summed E-state index contributed by atoms with van der Waals surface area (Å²) in [5.74, 6) is 0.230. The molecule has 2 nitrogen and oxygen atoms in total. The fourth-order valence-electron chi connectivity index (χ4n) is 3.19. The summed E-state index contributed by atoms with van der Waals surface area (Å²) < 4.78 is 12.0. The van der Waals surface area contributed by atoms with E-state index in [1.807, 2.05) is 0 Å². The average molecular weight is 296 g/mol. The Morgan fingerprint density at radius 3 is 2.00 bits per heavy atom. The summed E-state index contributed by atoms with van der Waals surface area (Å²) in [4.78, 5) is 0. The van der Waals surface area contributed by atoms with Crippen molar-refractivity contribution in [2.24, 2.45) is 0 Å². The molecular formula is C20H24O2. The van der Waals surface area contributed by atoms with Crippen molar-refractivity contribution < 1.29 is 9.47 Å². The van der Waals surface area contributed by atoms with Crippen molar-refractivity contribution >= 4 is 0 Å². The molecule has 0 bridgehead atoms. The van der Waals surface area contributed by atoms with Crippen LogP contribution in [0.4, 0.5) is 0 Å². The molecule has 0 aliphatic carbocycles. The zero-order valence-electron chi connectivity index (χ0n) is 13.2. The lowest BCUT2D eigenvalue weighted by atomic mass is 9.87. The molecule has 0 spiro atoms. The average Bonchev–Trinajstić information content (AvgIpc) is 2.58. The van der Waals surface area contributed by atoms with E-state index in [9.17, 15) is 0 Å². The van der Waals surface area contributed by atoms with Crippen molar-refractivity contribution in [1.82, 2.24) is 0 Å². The molecule has 0 radical (unpaired) electrons. The van der Waals surface area contributed by atoms with E-state index in [2.05, 4.69) is 67.6 Å². The second-order valence-electron chi connectivity index (χ2n) is 5.94. The molecule has 0 aromatic heterocycles. The van der Waals surface area contributed by atoms with Gasteiger partial charge in [-0.1, -0.05) is 60.7 Å². The fraction of sp³-hybridized carbons (Fsp3) is 0.400. The van der Waals surface area contributed by atoms with Gasteiger partial charge in [-0.3, -0.25) is 0 Å². The highest BCUT2D eigenvalue weighted by molar-refractivity contribution is 5.33. The summed E-state index contributed by atoms with van der Waals surface area (Å²) in [6, 6.07) is 21.2. The highest BCUT2D eigenvalue weighted by Gasteiger charge is 2.26. The van der Waals surface area contributed by atoms with Gasteiger partial charge in [0.05, 0.1) is 6.10 Å². The summed E-state index contributed by atoms with van der Waals surface area (Å²) in [7, 11) is 0. The third-order valence-electron chi connectivity index (χ3n) is 4.29. The number of hydrogen-bond acceptors (Lipinski definition) is 2. The summed E-state index contributed by atoms with van der Waals surface area (Å²) in [6.45, 7) is 2.97. The first-order chi connectivity index (χ1) is 10.8. The predicted octanol–water partition coefficient (Wildman–Crippen LogP) is 4.75. The molecule has 2 heteroatoms. The smallest absolute Gasteiger partial charge is 0.157 e. The monoisotopic (exact) mass is 296 g/mol. The van der Waals surface area contributed by atoms with E-state index in [0.717, 1.165) is 19.4 Å². The van der Waals surface area contributed by atoms with Crippen LogP contribution in [-0.4, -0.2) is 19.0 Å². The van der Waals surface area contributed by atoms with E-state index in [1.54, 1.807) is 0 Å². The third kappa shape index (κ3) is 3.76. The van der Waals surface area contributed by atoms with Crippen molar-refractivity contribution in [3.63, 3.8) is 0 Å². The van der Waals surface area contributed by atoms with E-state index >= 15 is 0 Å². The maximum Gasteiger partial charge on any atom is 0.157 e. The van der Waals surface area contributed by atoms with Crippen molar-refractivity contribution in [2.45, 2.75) is 44.5 Å². The Morgan fingerprint density at radius 2 is 1.50 bits per heavy atom. The second kappa shape index (κ2) is 7.57. The molecule has 2 unspecified atom stereocenters. The van der Waals surface area contributed by atoms with Gasteiger partial charge in [-0.05, 0) is 37.3 Å². The molecule has 2 aromatic rings. The van der Waals surface area contributed by atoms with Gasteiger partial charge in [0, 0.05) is 12.5 Å². The van der Waals surface area contributed by atoms with Crippen LogP contribution in [0.2, 0.25) is 0 Å². The van der Waals surface area contributed by atoms with E-state index < -0.39 is 0 Å². The fourth-order valence-corrected chi connectivity index (χ4v) is 3.19. The van der Waals surface area contributed by atoms with Crippen LogP contribution in [0.15, 0.2) is 60.7 Å². The zero-order chi connectivity index (χ0) is 15.2. The Morgan fingerprint density at radius 1 is 0.909 bits per heavy atom. The SMILES string of the molecule is CC(OC1CCCCO1)C(c1ccccc1)c1ccccc1. The Hall–Kier alpha value is -1.64. The van der Waals surface area contributed by atoms with Gasteiger partial charge >= 0.3 is 0 Å². The topological polar surface area (TPSA) is 18.5 Å². The molecule has 1 aliphatic rings. The van der Waals surface area contributed by atoms with Gasteiger partial charge in [-0.25, -0.2) is 0 Å². The van der Waals surface area contributed by atoms with Gasteiger partial charge in [0.1, 0.15) is 0 Å². The number of benzene rings is 2. The number of rotatable bonds is 5. The Balaban J connectivity index is 1.81. The first-order valence-electron chi connectivity index (χ1n) is 8.21. The zero-order valence-corrected chi connectivity index (χ0v) is 13.2. The lowest BCUT2D eigenvalue weighted by molar-refractivity contribution is -0.186. The minimum absolute atomic E-state index is 0.0568. The molecule has 116 valence electrons. The van der Waals surface area contributed by atoms with Crippen LogP contribution < -0.4 is 0 Å². The van der Waals surface area contributed by atoms with Gasteiger partial charge in [0.15, 0.2) is 6.29 Å². The van der Waals surface area contributed by atoms with Crippen LogP contribution in [0.3, 0.4) is 0 Å². The quantitative estimate of drug-likeness (QED) is 0.792. The Bertz CT molecular complexity index is 507. The van der Waals surface area contributed by atoms with Crippen molar-refractivity contribution in [2.75, 3.05) is 6.61 Å². The minimum atomic E-state index is -0.0568. The summed E-state index contributed by atoms with van der Waals surface area (Å²) in [5.41, 5.74) is 2.58. The van der Waals surface area contributed by atoms with Crippen LogP contribution in [0.5, 0.6) is 0 Å². The second-order valence-corrected chi connectivity index (χ2v) is 5.94. The van der Waals surface area contributed by atoms with Crippen LogP contribution in [-0.2, 0) is 9.47 Å². The lowest BCUT2D eigenvalue weighted by Gasteiger charge is -2.31. The van der Waals surface area contributed by atoms with Crippen LogP contribution >= 0.6 is 0 Å². The van der Waals surface area contributed by atoms with Crippen molar-refractivity contribution in [3.8, 4) is 0 Å². The van der Waals surface area contributed by atoms with Gasteiger partial charge < -0.3 is 9.47 Å². The molecule has 22 heavy (non-hydrogen) atoms. The molecule has 0 amide bonds. The maximum atomic E-state index is 6.24. The van der Waals surface area contributed by atoms with Crippen molar-refractivity contribution in [1.29, 1.82) is 0 Å². The molecule has 2 aromatic carbocycles. The van der Waals surface area contributed by atoms with Crippen molar-refractivity contribution in [3.05, 3.63) is 71.8 Å². The largest absolute Gasteiger partial charge is 0.353 e. The molecule has 0 saturated carbocycles. The lowest BCUT2D eigenvalue weighted by Crippen LogP contribution is -2.30. The summed E-state index contributed by atoms with van der Waals surface area (Å²) in [6.07, 6.45) is 3.36. The van der Waals surface area contributed by atoms with E-state index in [4.69, 9.17) is 9.47 Å². The normalized spacial score (nSPS) is 20.0. The van der Waals surface area contributed by atoms with Crippen LogP contribution in [0, 0.1) is 0 Å². The molecule has 1 heterocycles. The number of hydrogen-bond donors (Lipinski definition) is 0. The molecule has 0 N–H and O–H groups in total. The molecule has 1 aliphatic heterocycles. The first-order valence-corrected chi connectivity index (χ1v) is 8.21. The van der Waals surface area contributed by atoms with Gasteiger partial charge in [0.25, 0.3) is 0 Å². The molecule has 1 fully saturated rings. The van der Waals surface area contributed by atoms with E-state index in [-0.39, 0.29) is 18.3 Å². The Kier molecular flexibility index (Phi) is 5.25. The molecule has 1 saturated heterocycles.